The second-order valence-corrected chi connectivity index (χ2v) is 5.28. The van der Waals surface area contributed by atoms with Gasteiger partial charge in [0.15, 0.2) is 0 Å². The Labute approximate surface area is 110 Å². The number of nitrogens with two attached hydrogens (primary N) is 1. The maximum atomic E-state index is 12.0. The first-order chi connectivity index (χ1) is 8.31. The van der Waals surface area contributed by atoms with Gasteiger partial charge in [0, 0.05) is 6.04 Å². The van der Waals surface area contributed by atoms with Crippen LogP contribution in [0.1, 0.15) is 36.1 Å². The summed E-state index contributed by atoms with van der Waals surface area (Å²) in [4.78, 5) is 26.9. The predicted molar refractivity (Wildman–Crippen MR) is 68.8 cm³/mol. The SMILES string of the molecule is Cc1nc(OC(N)=O)sc1C(=O)NC(C)C(C)C. The second-order valence-electron chi connectivity index (χ2n) is 4.32. The zero-order valence-corrected chi connectivity index (χ0v) is 11.6. The van der Waals surface area contributed by atoms with E-state index in [1.165, 1.54) is 0 Å². The summed E-state index contributed by atoms with van der Waals surface area (Å²) in [5, 5.41) is 2.95. The fourth-order valence-corrected chi connectivity index (χ4v) is 1.98. The van der Waals surface area contributed by atoms with Crippen LogP contribution in [0.3, 0.4) is 0 Å². The molecule has 18 heavy (non-hydrogen) atoms. The Morgan fingerprint density at radius 3 is 2.50 bits per heavy atom. The van der Waals surface area contributed by atoms with Gasteiger partial charge >= 0.3 is 6.09 Å². The van der Waals surface area contributed by atoms with Crippen LogP contribution in [0.15, 0.2) is 0 Å². The number of ether oxygens (including phenoxy) is 1. The van der Waals surface area contributed by atoms with Crippen molar-refractivity contribution in [1.82, 2.24) is 10.3 Å². The molecule has 0 aromatic carbocycles. The fraction of sp³-hybridized carbons (Fsp3) is 0.545. The number of carbonyl (C=O) groups is 2. The number of primary amides is 1. The quantitative estimate of drug-likeness (QED) is 0.871. The van der Waals surface area contributed by atoms with Crippen molar-refractivity contribution in [2.24, 2.45) is 11.7 Å². The summed E-state index contributed by atoms with van der Waals surface area (Å²) in [5.41, 5.74) is 5.40. The molecular formula is C11H17N3O3S. The van der Waals surface area contributed by atoms with Crippen molar-refractivity contribution in [3.05, 3.63) is 10.6 Å². The number of amides is 2. The number of hydrogen-bond donors (Lipinski definition) is 2. The van der Waals surface area contributed by atoms with Gasteiger partial charge in [-0.15, -0.1) is 0 Å². The number of aromatic nitrogens is 1. The third-order valence-electron chi connectivity index (χ3n) is 2.53. The van der Waals surface area contributed by atoms with Gasteiger partial charge < -0.3 is 15.8 Å². The van der Waals surface area contributed by atoms with E-state index >= 15 is 0 Å². The van der Waals surface area contributed by atoms with Crippen LogP contribution in [0.2, 0.25) is 0 Å². The average Bonchev–Trinajstić information content (AvgIpc) is 2.57. The van der Waals surface area contributed by atoms with E-state index in [-0.39, 0.29) is 17.1 Å². The van der Waals surface area contributed by atoms with Crippen LogP contribution in [0.4, 0.5) is 4.79 Å². The van der Waals surface area contributed by atoms with Gasteiger partial charge in [0.2, 0.25) is 0 Å². The van der Waals surface area contributed by atoms with Crippen molar-refractivity contribution >= 4 is 23.3 Å². The molecule has 0 saturated carbocycles. The third kappa shape index (κ3) is 3.69. The van der Waals surface area contributed by atoms with Gasteiger partial charge in [-0.25, -0.2) is 9.78 Å². The summed E-state index contributed by atoms with van der Waals surface area (Å²) in [6.45, 7) is 7.65. The van der Waals surface area contributed by atoms with E-state index in [0.29, 0.717) is 16.5 Å². The standard InChI is InChI=1S/C11H17N3O3S/c1-5(2)6(3)13-9(15)8-7(4)14-11(18-8)17-10(12)16/h5-6H,1-4H3,(H2,12,16)(H,13,15). The van der Waals surface area contributed by atoms with Gasteiger partial charge in [-0.3, -0.25) is 4.79 Å². The number of nitrogens with one attached hydrogen (secondary N) is 1. The van der Waals surface area contributed by atoms with Gasteiger partial charge in [-0.1, -0.05) is 25.2 Å². The molecule has 0 bridgehead atoms. The zero-order chi connectivity index (χ0) is 13.9. The monoisotopic (exact) mass is 271 g/mol. The van der Waals surface area contributed by atoms with E-state index < -0.39 is 6.09 Å². The normalized spacial score (nSPS) is 12.3. The molecule has 0 aliphatic heterocycles. The first-order valence-corrected chi connectivity index (χ1v) is 6.38. The second kappa shape index (κ2) is 5.81. The molecule has 1 aromatic heterocycles. The number of carbonyl (C=O) groups excluding carboxylic acids is 2. The van der Waals surface area contributed by atoms with Crippen LogP contribution in [-0.4, -0.2) is 23.0 Å². The first-order valence-electron chi connectivity index (χ1n) is 5.56. The molecule has 0 spiro atoms. The van der Waals surface area contributed by atoms with Crippen molar-refractivity contribution < 1.29 is 14.3 Å². The Kier molecular flexibility index (Phi) is 4.66. The fourth-order valence-electron chi connectivity index (χ4n) is 1.15. The highest BCUT2D eigenvalue weighted by Crippen LogP contribution is 2.24. The molecule has 3 N–H and O–H groups in total. The third-order valence-corrected chi connectivity index (χ3v) is 3.56. The van der Waals surface area contributed by atoms with E-state index in [4.69, 9.17) is 5.73 Å². The molecule has 1 atom stereocenters. The van der Waals surface area contributed by atoms with E-state index in [2.05, 4.69) is 15.0 Å². The van der Waals surface area contributed by atoms with Crippen molar-refractivity contribution in [2.75, 3.05) is 0 Å². The molecular weight excluding hydrogens is 254 g/mol. The van der Waals surface area contributed by atoms with Crippen LogP contribution in [0.25, 0.3) is 0 Å². The summed E-state index contributed by atoms with van der Waals surface area (Å²) in [7, 11) is 0. The molecule has 1 heterocycles. The highest BCUT2D eigenvalue weighted by Gasteiger charge is 2.19. The Balaban J connectivity index is 2.80. The molecule has 1 aromatic rings. The lowest BCUT2D eigenvalue weighted by Crippen LogP contribution is -2.35. The minimum absolute atomic E-state index is 0.0551. The van der Waals surface area contributed by atoms with E-state index in [1.807, 2.05) is 20.8 Å². The number of nitrogens with zero attached hydrogens (tertiary/aromatic N) is 1. The van der Waals surface area contributed by atoms with Gasteiger partial charge in [0.25, 0.3) is 11.1 Å². The number of aryl methyl sites for hydroxylation is 1. The van der Waals surface area contributed by atoms with E-state index in [9.17, 15) is 9.59 Å². The van der Waals surface area contributed by atoms with Crippen molar-refractivity contribution in [1.29, 1.82) is 0 Å². The van der Waals surface area contributed by atoms with E-state index in [0.717, 1.165) is 11.3 Å². The molecule has 6 nitrogen and oxygen atoms in total. The van der Waals surface area contributed by atoms with Crippen LogP contribution in [0.5, 0.6) is 5.19 Å². The molecule has 0 aliphatic rings. The lowest BCUT2D eigenvalue weighted by molar-refractivity contribution is 0.0934. The summed E-state index contributed by atoms with van der Waals surface area (Å²) >= 11 is 1.00. The minimum atomic E-state index is -0.939. The Morgan fingerprint density at radius 1 is 1.39 bits per heavy atom. The summed E-state index contributed by atoms with van der Waals surface area (Å²) in [6.07, 6.45) is -0.939. The Hall–Kier alpha value is -1.63. The lowest BCUT2D eigenvalue weighted by atomic mass is 10.1. The molecule has 0 radical (unpaired) electrons. The molecule has 100 valence electrons. The largest absolute Gasteiger partial charge is 0.411 e. The Morgan fingerprint density at radius 2 is 2.00 bits per heavy atom. The van der Waals surface area contributed by atoms with Crippen LogP contribution in [-0.2, 0) is 0 Å². The summed E-state index contributed by atoms with van der Waals surface area (Å²) in [5.74, 6) is 0.119. The zero-order valence-electron chi connectivity index (χ0n) is 10.8. The van der Waals surface area contributed by atoms with Crippen molar-refractivity contribution in [3.8, 4) is 5.19 Å². The smallest absolute Gasteiger partial charge is 0.381 e. The van der Waals surface area contributed by atoms with Gasteiger partial charge in [0.05, 0.1) is 5.69 Å². The molecule has 1 unspecified atom stereocenters. The molecule has 2 amide bonds. The average molecular weight is 271 g/mol. The number of hydrogen-bond acceptors (Lipinski definition) is 5. The maximum absolute atomic E-state index is 12.0. The van der Waals surface area contributed by atoms with Crippen LogP contribution < -0.4 is 15.8 Å². The molecule has 0 saturated heterocycles. The minimum Gasteiger partial charge on any atom is -0.381 e. The molecule has 0 fully saturated rings. The van der Waals surface area contributed by atoms with Crippen LogP contribution in [0, 0.1) is 12.8 Å². The lowest BCUT2D eigenvalue weighted by Gasteiger charge is -2.16. The molecule has 7 heteroatoms. The van der Waals surface area contributed by atoms with Crippen molar-refractivity contribution in [2.45, 2.75) is 33.7 Å². The number of rotatable bonds is 4. The topological polar surface area (TPSA) is 94.3 Å². The van der Waals surface area contributed by atoms with E-state index in [1.54, 1.807) is 6.92 Å². The van der Waals surface area contributed by atoms with Crippen LogP contribution >= 0.6 is 11.3 Å². The maximum Gasteiger partial charge on any atom is 0.411 e. The molecule has 1 rings (SSSR count). The summed E-state index contributed by atoms with van der Waals surface area (Å²) in [6, 6.07) is 0.0551. The summed E-state index contributed by atoms with van der Waals surface area (Å²) < 4.78 is 4.64. The molecule has 0 aliphatic carbocycles. The Bertz CT molecular complexity index is 456. The highest BCUT2D eigenvalue weighted by atomic mass is 32.1. The number of thiazole rings is 1. The van der Waals surface area contributed by atoms with Gasteiger partial charge in [-0.2, -0.15) is 0 Å². The van der Waals surface area contributed by atoms with Crippen molar-refractivity contribution in [3.63, 3.8) is 0 Å². The first kappa shape index (κ1) is 14.4. The van der Waals surface area contributed by atoms with Gasteiger partial charge in [0.1, 0.15) is 4.88 Å². The highest BCUT2D eigenvalue weighted by molar-refractivity contribution is 7.15. The van der Waals surface area contributed by atoms with Gasteiger partial charge in [-0.05, 0) is 19.8 Å². The predicted octanol–water partition coefficient (Wildman–Crippen LogP) is 1.68.